The Hall–Kier alpha value is -2.46. The smallest absolute Gasteiger partial charge is 0.135 e. The van der Waals surface area contributed by atoms with E-state index in [1.54, 1.807) is 7.11 Å². The molecule has 0 N–H and O–H groups in total. The van der Waals surface area contributed by atoms with Crippen molar-refractivity contribution in [3.05, 3.63) is 58.9 Å². The topological polar surface area (TPSA) is 36.3 Å². The van der Waals surface area contributed by atoms with Gasteiger partial charge in [0.1, 0.15) is 17.1 Å². The largest absolute Gasteiger partial charge is 0.496 e. The molecule has 0 aliphatic carbocycles. The third-order valence-electron chi connectivity index (χ3n) is 4.82. The first-order valence-corrected chi connectivity index (χ1v) is 8.98. The van der Waals surface area contributed by atoms with Crippen molar-refractivity contribution < 1.29 is 9.47 Å². The molecule has 0 amide bonds. The highest BCUT2D eigenvalue weighted by atomic mass is 35.5. The van der Waals surface area contributed by atoms with Gasteiger partial charge in [0.25, 0.3) is 0 Å². The fourth-order valence-corrected chi connectivity index (χ4v) is 3.63. The molecule has 0 saturated carbocycles. The molecule has 26 heavy (non-hydrogen) atoms. The van der Waals surface area contributed by atoms with Crippen LogP contribution in [0.5, 0.6) is 11.5 Å². The summed E-state index contributed by atoms with van der Waals surface area (Å²) in [5.41, 5.74) is 3.66. The zero-order valence-corrected chi connectivity index (χ0v) is 16.0. The molecule has 0 saturated heterocycles. The molecule has 1 atom stereocenters. The lowest BCUT2D eigenvalue weighted by Gasteiger charge is -2.30. The number of fused-ring (bicyclic) bond motifs is 2. The molecule has 134 valence electrons. The molecule has 4 nitrogen and oxygen atoms in total. The second-order valence-electron chi connectivity index (χ2n) is 7.10. The summed E-state index contributed by atoms with van der Waals surface area (Å²) >= 11 is 6.08. The van der Waals surface area contributed by atoms with Crippen molar-refractivity contribution in [1.82, 2.24) is 9.55 Å². The first kappa shape index (κ1) is 17.0. The first-order chi connectivity index (χ1) is 12.4. The number of rotatable bonds is 3. The predicted octanol–water partition coefficient (Wildman–Crippen LogP) is 5.49. The number of hydrogen-bond acceptors (Lipinski definition) is 3. The van der Waals surface area contributed by atoms with Gasteiger partial charge in [-0.1, -0.05) is 11.6 Å². The Morgan fingerprint density at radius 2 is 2.04 bits per heavy atom. The van der Waals surface area contributed by atoms with Gasteiger partial charge in [0.15, 0.2) is 0 Å². The molecule has 5 heteroatoms. The summed E-state index contributed by atoms with van der Waals surface area (Å²) in [6.45, 7) is 6.22. The molecule has 3 aromatic rings. The van der Waals surface area contributed by atoms with E-state index in [-0.39, 0.29) is 11.6 Å². The Kier molecular flexibility index (Phi) is 3.96. The highest BCUT2D eigenvalue weighted by Gasteiger charge is 2.26. The van der Waals surface area contributed by atoms with Gasteiger partial charge in [0, 0.05) is 10.6 Å². The van der Waals surface area contributed by atoms with Crippen LogP contribution >= 0.6 is 11.6 Å². The van der Waals surface area contributed by atoms with Crippen LogP contribution in [-0.4, -0.2) is 22.3 Å². The van der Waals surface area contributed by atoms with Crippen LogP contribution in [0, 0.1) is 0 Å². The van der Waals surface area contributed by atoms with E-state index >= 15 is 0 Å². The van der Waals surface area contributed by atoms with E-state index in [0.29, 0.717) is 5.02 Å². The lowest BCUT2D eigenvalue weighted by molar-refractivity contribution is 0.158. The van der Waals surface area contributed by atoms with Crippen molar-refractivity contribution in [3.8, 4) is 11.5 Å². The van der Waals surface area contributed by atoms with E-state index in [1.165, 1.54) is 0 Å². The van der Waals surface area contributed by atoms with E-state index in [9.17, 15) is 0 Å². The van der Waals surface area contributed by atoms with Crippen molar-refractivity contribution in [2.45, 2.75) is 32.4 Å². The number of aromatic nitrogens is 2. The standard InChI is InChI=1S/C21H21ClN2O2/c1-13(24-12-23-17-11-14(22)5-7-18(17)24)15-6-8-19-16(20(15)25-4)9-10-21(2,3)26-19/h5-13H,1-4H3. The van der Waals surface area contributed by atoms with Crippen molar-refractivity contribution in [1.29, 1.82) is 0 Å². The van der Waals surface area contributed by atoms with Gasteiger partial charge in [0.2, 0.25) is 0 Å². The minimum Gasteiger partial charge on any atom is -0.496 e. The van der Waals surface area contributed by atoms with Crippen molar-refractivity contribution in [2.75, 3.05) is 7.11 Å². The van der Waals surface area contributed by atoms with Gasteiger partial charge in [-0.25, -0.2) is 4.98 Å². The van der Waals surface area contributed by atoms with Crippen LogP contribution in [0.2, 0.25) is 5.02 Å². The maximum Gasteiger partial charge on any atom is 0.135 e. The Labute approximate surface area is 158 Å². The van der Waals surface area contributed by atoms with Crippen molar-refractivity contribution >= 4 is 28.7 Å². The van der Waals surface area contributed by atoms with Crippen LogP contribution in [-0.2, 0) is 0 Å². The molecule has 0 radical (unpaired) electrons. The van der Waals surface area contributed by atoms with Gasteiger partial charge >= 0.3 is 0 Å². The monoisotopic (exact) mass is 368 g/mol. The molecule has 1 aliphatic rings. The number of methoxy groups -OCH3 is 1. The molecular weight excluding hydrogens is 348 g/mol. The lowest BCUT2D eigenvalue weighted by atomic mass is 9.97. The molecule has 0 bridgehead atoms. The van der Waals surface area contributed by atoms with Crippen LogP contribution in [0.4, 0.5) is 0 Å². The predicted molar refractivity (Wildman–Crippen MR) is 105 cm³/mol. The Morgan fingerprint density at radius 1 is 1.23 bits per heavy atom. The third-order valence-corrected chi connectivity index (χ3v) is 5.05. The number of halogens is 1. The number of imidazole rings is 1. The highest BCUT2D eigenvalue weighted by Crippen LogP contribution is 2.42. The minimum absolute atomic E-state index is 0.0461. The second-order valence-corrected chi connectivity index (χ2v) is 7.54. The van der Waals surface area contributed by atoms with E-state index in [1.807, 2.05) is 44.4 Å². The van der Waals surface area contributed by atoms with Crippen LogP contribution < -0.4 is 9.47 Å². The zero-order chi connectivity index (χ0) is 18.5. The fourth-order valence-electron chi connectivity index (χ4n) is 3.47. The Bertz CT molecular complexity index is 1020. The van der Waals surface area contributed by atoms with Gasteiger partial charge in [0.05, 0.1) is 36.1 Å². The SMILES string of the molecule is COc1c(C(C)n2cnc3cc(Cl)ccc32)ccc2c1C=CC(C)(C)O2. The summed E-state index contributed by atoms with van der Waals surface area (Å²) in [6.07, 6.45) is 5.99. The molecule has 2 heterocycles. The Balaban J connectivity index is 1.82. The van der Waals surface area contributed by atoms with Crippen molar-refractivity contribution in [2.24, 2.45) is 0 Å². The number of hydrogen-bond donors (Lipinski definition) is 0. The normalized spacial score (nSPS) is 16.2. The van der Waals surface area contributed by atoms with E-state index in [0.717, 1.165) is 33.7 Å². The van der Waals surface area contributed by atoms with E-state index < -0.39 is 0 Å². The molecule has 1 aliphatic heterocycles. The van der Waals surface area contributed by atoms with E-state index in [4.69, 9.17) is 21.1 Å². The van der Waals surface area contributed by atoms with Gasteiger partial charge < -0.3 is 14.0 Å². The number of ether oxygens (including phenoxy) is 2. The van der Waals surface area contributed by atoms with Gasteiger partial charge in [-0.15, -0.1) is 0 Å². The quantitative estimate of drug-likeness (QED) is 0.613. The molecular formula is C21H21ClN2O2. The van der Waals surface area contributed by atoms with Gasteiger partial charge in [-0.05, 0) is 63.3 Å². The summed E-state index contributed by atoms with van der Waals surface area (Å²) in [5.74, 6) is 1.67. The Morgan fingerprint density at radius 3 is 2.81 bits per heavy atom. The number of benzene rings is 2. The maximum atomic E-state index is 6.08. The van der Waals surface area contributed by atoms with Gasteiger partial charge in [-0.2, -0.15) is 0 Å². The average Bonchev–Trinajstić information content (AvgIpc) is 3.02. The summed E-state index contributed by atoms with van der Waals surface area (Å²) in [5, 5.41) is 0.687. The first-order valence-electron chi connectivity index (χ1n) is 8.61. The van der Waals surface area contributed by atoms with Gasteiger partial charge in [-0.3, -0.25) is 0 Å². The molecule has 1 unspecified atom stereocenters. The molecule has 4 rings (SSSR count). The summed E-state index contributed by atoms with van der Waals surface area (Å²) in [4.78, 5) is 4.49. The van der Waals surface area contributed by atoms with Crippen molar-refractivity contribution in [3.63, 3.8) is 0 Å². The summed E-state index contributed by atoms with van der Waals surface area (Å²) < 4.78 is 14.0. The molecule has 1 aromatic heterocycles. The third kappa shape index (κ3) is 2.74. The molecule has 2 aromatic carbocycles. The average molecular weight is 369 g/mol. The van der Waals surface area contributed by atoms with E-state index in [2.05, 4.69) is 34.7 Å². The zero-order valence-electron chi connectivity index (χ0n) is 15.3. The second kappa shape index (κ2) is 6.06. The number of nitrogens with zero attached hydrogens (tertiary/aromatic N) is 2. The van der Waals surface area contributed by atoms with Crippen LogP contribution in [0.3, 0.4) is 0 Å². The lowest BCUT2D eigenvalue weighted by Crippen LogP contribution is -2.27. The van der Waals surface area contributed by atoms with Crippen LogP contribution in [0.1, 0.15) is 37.9 Å². The molecule has 0 spiro atoms. The summed E-state index contributed by atoms with van der Waals surface area (Å²) in [6, 6.07) is 9.90. The minimum atomic E-state index is -0.315. The molecule has 0 fully saturated rings. The highest BCUT2D eigenvalue weighted by molar-refractivity contribution is 6.31. The summed E-state index contributed by atoms with van der Waals surface area (Å²) in [7, 11) is 1.70. The van der Waals surface area contributed by atoms with Crippen LogP contribution in [0.15, 0.2) is 42.7 Å². The fraction of sp³-hybridized carbons (Fsp3) is 0.286. The maximum absolute atomic E-state index is 6.08. The van der Waals surface area contributed by atoms with Crippen LogP contribution in [0.25, 0.3) is 17.1 Å².